The van der Waals surface area contributed by atoms with Gasteiger partial charge in [0.15, 0.2) is 6.23 Å². The fourth-order valence-corrected chi connectivity index (χ4v) is 1.00. The fraction of sp³-hybridized carbons (Fsp3) is 0.714. The molecule has 0 N–H and O–H groups in total. The molecule has 1 heterocycles. The van der Waals surface area contributed by atoms with Crippen molar-refractivity contribution in [3.63, 3.8) is 0 Å². The molecule has 0 aromatic heterocycles. The van der Waals surface area contributed by atoms with Crippen molar-refractivity contribution >= 4 is 0 Å². The van der Waals surface area contributed by atoms with Gasteiger partial charge >= 0.3 is 0 Å². The van der Waals surface area contributed by atoms with Gasteiger partial charge < -0.3 is 9.64 Å². The van der Waals surface area contributed by atoms with Gasteiger partial charge in [0.2, 0.25) is 0 Å². The third-order valence-electron chi connectivity index (χ3n) is 1.52. The average Bonchev–Trinajstić information content (AvgIpc) is 2.13. The molecule has 0 bridgehead atoms. The normalized spacial score (nSPS) is 25.3. The van der Waals surface area contributed by atoms with Crippen LogP contribution in [-0.2, 0) is 4.74 Å². The lowest BCUT2D eigenvalue weighted by Gasteiger charge is -2.24. The van der Waals surface area contributed by atoms with E-state index in [0.717, 1.165) is 0 Å². The minimum atomic E-state index is 0.227. The van der Waals surface area contributed by atoms with Crippen molar-refractivity contribution in [3.8, 4) is 0 Å². The zero-order valence-electron chi connectivity index (χ0n) is 6.16. The maximum absolute atomic E-state index is 5.17. The predicted molar refractivity (Wildman–Crippen MR) is 36.7 cm³/mol. The van der Waals surface area contributed by atoms with Crippen LogP contribution in [0.5, 0.6) is 0 Å². The number of ether oxygens (including phenoxy) is 1. The second-order valence-corrected chi connectivity index (χ2v) is 2.56. The monoisotopic (exact) mass is 127 g/mol. The highest BCUT2D eigenvalue weighted by Gasteiger charge is 2.16. The van der Waals surface area contributed by atoms with Gasteiger partial charge in [-0.25, -0.2) is 0 Å². The maximum Gasteiger partial charge on any atom is 0.168 e. The lowest BCUT2D eigenvalue weighted by molar-refractivity contribution is 0.0566. The third kappa shape index (κ3) is 1.18. The predicted octanol–water partition coefficient (Wildman–Crippen LogP) is 1.54. The Labute approximate surface area is 56.1 Å². The Balaban J connectivity index is 2.49. The van der Waals surface area contributed by atoms with Gasteiger partial charge in [-0.05, 0) is 20.8 Å². The first-order valence-corrected chi connectivity index (χ1v) is 3.31. The highest BCUT2D eigenvalue weighted by Crippen LogP contribution is 2.13. The maximum atomic E-state index is 5.17. The number of nitrogens with zero attached hydrogens (tertiary/aromatic N) is 1. The summed E-state index contributed by atoms with van der Waals surface area (Å²) in [5.74, 6) is 0. The van der Waals surface area contributed by atoms with E-state index in [9.17, 15) is 0 Å². The van der Waals surface area contributed by atoms with Gasteiger partial charge in [0, 0.05) is 12.2 Å². The van der Waals surface area contributed by atoms with Gasteiger partial charge in [-0.15, -0.1) is 0 Å². The molecule has 0 amide bonds. The Bertz CT molecular complexity index is 120. The molecule has 0 radical (unpaired) electrons. The molecule has 1 unspecified atom stereocenters. The molecule has 0 saturated heterocycles. The standard InChI is InChI=1S/C7H13NO/c1-6(2)8-4-5-9-7(8)3/h4-7H,1-3H3. The fourth-order valence-electron chi connectivity index (χ4n) is 1.00. The van der Waals surface area contributed by atoms with Crippen LogP contribution in [0.3, 0.4) is 0 Å². The zero-order valence-corrected chi connectivity index (χ0v) is 6.16. The largest absolute Gasteiger partial charge is 0.477 e. The van der Waals surface area contributed by atoms with E-state index in [0.29, 0.717) is 6.04 Å². The lowest BCUT2D eigenvalue weighted by atomic mass is 10.3. The summed E-state index contributed by atoms with van der Waals surface area (Å²) < 4.78 is 5.17. The van der Waals surface area contributed by atoms with Gasteiger partial charge in [-0.3, -0.25) is 0 Å². The summed E-state index contributed by atoms with van der Waals surface area (Å²) in [6.45, 7) is 6.34. The van der Waals surface area contributed by atoms with Crippen LogP contribution in [0.1, 0.15) is 20.8 Å². The van der Waals surface area contributed by atoms with Crippen molar-refractivity contribution in [2.45, 2.75) is 33.0 Å². The van der Waals surface area contributed by atoms with Gasteiger partial charge in [-0.1, -0.05) is 0 Å². The molecule has 0 fully saturated rings. The molecule has 0 spiro atoms. The molecule has 2 heteroatoms. The van der Waals surface area contributed by atoms with E-state index >= 15 is 0 Å². The molecule has 1 aliphatic rings. The Morgan fingerprint density at radius 1 is 1.56 bits per heavy atom. The van der Waals surface area contributed by atoms with Crippen molar-refractivity contribution in [3.05, 3.63) is 12.5 Å². The molecule has 1 rings (SSSR count). The first-order valence-electron chi connectivity index (χ1n) is 3.31. The van der Waals surface area contributed by atoms with Crippen LogP contribution in [0, 0.1) is 0 Å². The Hall–Kier alpha value is -0.660. The molecule has 0 aliphatic carbocycles. The van der Waals surface area contributed by atoms with Crippen LogP contribution in [0.4, 0.5) is 0 Å². The van der Waals surface area contributed by atoms with Gasteiger partial charge in [0.05, 0.1) is 0 Å². The van der Waals surface area contributed by atoms with E-state index in [4.69, 9.17) is 4.74 Å². The van der Waals surface area contributed by atoms with Crippen molar-refractivity contribution < 1.29 is 4.74 Å². The van der Waals surface area contributed by atoms with Crippen LogP contribution < -0.4 is 0 Å². The van der Waals surface area contributed by atoms with Crippen LogP contribution >= 0.6 is 0 Å². The first-order chi connectivity index (χ1) is 4.22. The summed E-state index contributed by atoms with van der Waals surface area (Å²) in [6.07, 6.45) is 3.95. The Morgan fingerprint density at radius 3 is 2.44 bits per heavy atom. The summed E-state index contributed by atoms with van der Waals surface area (Å²) in [7, 11) is 0. The summed E-state index contributed by atoms with van der Waals surface area (Å²) >= 11 is 0. The van der Waals surface area contributed by atoms with Crippen LogP contribution in [0.2, 0.25) is 0 Å². The van der Waals surface area contributed by atoms with E-state index in [2.05, 4.69) is 18.7 Å². The van der Waals surface area contributed by atoms with E-state index in [1.165, 1.54) is 0 Å². The van der Waals surface area contributed by atoms with Crippen LogP contribution in [0.25, 0.3) is 0 Å². The molecule has 0 saturated carbocycles. The highest BCUT2D eigenvalue weighted by molar-refractivity contribution is 4.86. The third-order valence-corrected chi connectivity index (χ3v) is 1.52. The molecular formula is C7H13NO. The molecule has 1 aliphatic heterocycles. The van der Waals surface area contributed by atoms with Gasteiger partial charge in [-0.2, -0.15) is 0 Å². The van der Waals surface area contributed by atoms with E-state index < -0.39 is 0 Å². The lowest BCUT2D eigenvalue weighted by Crippen LogP contribution is -2.31. The molecule has 52 valence electrons. The van der Waals surface area contributed by atoms with Crippen molar-refractivity contribution in [2.75, 3.05) is 0 Å². The van der Waals surface area contributed by atoms with Gasteiger partial charge in [0.25, 0.3) is 0 Å². The summed E-state index contributed by atoms with van der Waals surface area (Å²) in [5.41, 5.74) is 0. The molecule has 0 aromatic rings. The second kappa shape index (κ2) is 2.29. The number of hydrogen-bond donors (Lipinski definition) is 0. The van der Waals surface area contributed by atoms with Crippen LogP contribution in [0.15, 0.2) is 12.5 Å². The van der Waals surface area contributed by atoms with Crippen molar-refractivity contribution in [1.82, 2.24) is 4.90 Å². The number of rotatable bonds is 1. The molecule has 9 heavy (non-hydrogen) atoms. The van der Waals surface area contributed by atoms with E-state index in [1.807, 2.05) is 13.1 Å². The minimum Gasteiger partial charge on any atom is -0.477 e. The minimum absolute atomic E-state index is 0.227. The number of hydrogen-bond acceptors (Lipinski definition) is 2. The highest BCUT2D eigenvalue weighted by atomic mass is 16.5. The topological polar surface area (TPSA) is 12.5 Å². The molecule has 0 aromatic carbocycles. The zero-order chi connectivity index (χ0) is 6.85. The van der Waals surface area contributed by atoms with Crippen molar-refractivity contribution in [2.24, 2.45) is 0 Å². The Kier molecular flexibility index (Phi) is 1.65. The summed E-state index contributed by atoms with van der Waals surface area (Å²) in [6, 6.07) is 0.541. The SMILES string of the molecule is CC(C)N1C=COC1C. The van der Waals surface area contributed by atoms with Crippen LogP contribution in [-0.4, -0.2) is 17.2 Å². The van der Waals surface area contributed by atoms with E-state index in [-0.39, 0.29) is 6.23 Å². The summed E-state index contributed by atoms with van der Waals surface area (Å²) in [4.78, 5) is 2.17. The smallest absolute Gasteiger partial charge is 0.168 e. The van der Waals surface area contributed by atoms with E-state index in [1.54, 1.807) is 6.26 Å². The quantitative estimate of drug-likeness (QED) is 0.530. The Morgan fingerprint density at radius 2 is 2.22 bits per heavy atom. The van der Waals surface area contributed by atoms with Gasteiger partial charge in [0.1, 0.15) is 6.26 Å². The molecular weight excluding hydrogens is 114 g/mol. The van der Waals surface area contributed by atoms with Crippen molar-refractivity contribution in [1.29, 1.82) is 0 Å². The first kappa shape index (κ1) is 6.46. The second-order valence-electron chi connectivity index (χ2n) is 2.56. The molecule has 1 atom stereocenters. The average molecular weight is 127 g/mol. The summed E-state index contributed by atoms with van der Waals surface area (Å²) in [5, 5.41) is 0. The molecule has 2 nitrogen and oxygen atoms in total.